The fourth-order valence-electron chi connectivity index (χ4n) is 8.38. The number of alkyl halides is 3. The molecular weight excluding hydrogens is 882 g/mol. The molecule has 10 heterocycles. The molecule has 0 radical (unpaired) electrons. The number of likely N-dealkylation sites (N-methyl/N-ethyl adjacent to an activating group) is 4. The summed E-state index contributed by atoms with van der Waals surface area (Å²) in [6, 6.07) is 2.19. The lowest BCUT2D eigenvalue weighted by atomic mass is 10.0. The van der Waals surface area contributed by atoms with Crippen molar-refractivity contribution in [1.29, 1.82) is 5.26 Å². The van der Waals surface area contributed by atoms with Crippen LogP contribution in [0, 0.1) is 17.2 Å². The van der Waals surface area contributed by atoms with E-state index in [-0.39, 0.29) is 13.1 Å². The van der Waals surface area contributed by atoms with Crippen molar-refractivity contribution in [2.24, 2.45) is 5.92 Å². The molecule has 10 aliphatic heterocycles. The molecule has 0 aromatic carbocycles. The van der Waals surface area contributed by atoms with Crippen molar-refractivity contribution in [3.05, 3.63) is 0 Å². The van der Waals surface area contributed by atoms with Crippen LogP contribution < -0.4 is 0 Å². The molecule has 17 heteroatoms. The Labute approximate surface area is 423 Å². The van der Waals surface area contributed by atoms with E-state index in [1.165, 1.54) is 150 Å². The first kappa shape index (κ1) is 65.8. The maximum Gasteiger partial charge on any atom is 0.272 e. The van der Waals surface area contributed by atoms with Crippen LogP contribution in [0.2, 0.25) is 0 Å². The second kappa shape index (κ2) is 41.1. The van der Waals surface area contributed by atoms with Crippen LogP contribution in [0.3, 0.4) is 0 Å². The summed E-state index contributed by atoms with van der Waals surface area (Å²) in [5.74, 6) is -2.06. The lowest BCUT2D eigenvalue weighted by Crippen LogP contribution is -2.53. The first-order chi connectivity index (χ1) is 33.0. The quantitative estimate of drug-likeness (QED) is 0.393. The fourth-order valence-corrected chi connectivity index (χ4v) is 8.38. The first-order valence-electron chi connectivity index (χ1n) is 27.2. The second-order valence-electron chi connectivity index (χ2n) is 20.8. The number of hydrogen-bond donors (Lipinski definition) is 0. The Morgan fingerprint density at radius 3 is 0.928 bits per heavy atom. The largest absolute Gasteiger partial charge is 0.379 e. The zero-order valence-electron chi connectivity index (χ0n) is 46.6. The molecule has 10 saturated heterocycles. The van der Waals surface area contributed by atoms with Gasteiger partial charge in [0.1, 0.15) is 6.17 Å². The highest BCUT2D eigenvalue weighted by Crippen LogP contribution is 2.24. The number of piperazine rings is 1. The molecule has 0 bridgehead atoms. The van der Waals surface area contributed by atoms with Gasteiger partial charge in [0, 0.05) is 78.5 Å². The van der Waals surface area contributed by atoms with E-state index in [9.17, 15) is 13.2 Å². The minimum absolute atomic E-state index is 0.0625. The monoisotopic (exact) mass is 991 g/mol. The van der Waals surface area contributed by atoms with E-state index in [2.05, 4.69) is 106 Å². The number of ether oxygens (including phenoxy) is 2. The van der Waals surface area contributed by atoms with Gasteiger partial charge in [0.15, 0.2) is 0 Å². The van der Waals surface area contributed by atoms with Gasteiger partial charge in [-0.3, -0.25) is 9.80 Å². The minimum Gasteiger partial charge on any atom is -0.379 e. The van der Waals surface area contributed by atoms with Gasteiger partial charge in [-0.25, -0.2) is 13.2 Å². The van der Waals surface area contributed by atoms with E-state index >= 15 is 0 Å². The predicted molar refractivity (Wildman–Crippen MR) is 284 cm³/mol. The predicted octanol–water partition coefficient (Wildman–Crippen LogP) is 4.69. The summed E-state index contributed by atoms with van der Waals surface area (Å²) in [6.07, 6.45) is 10.8. The fraction of sp³-hybridized carbons (Fsp3) is 0.981. The molecule has 0 aromatic rings. The first-order valence-corrected chi connectivity index (χ1v) is 27.2. The number of morpholine rings is 2. The number of likely N-dealkylation sites (tertiary alicyclic amines) is 7. The molecule has 0 atom stereocenters. The molecule has 14 nitrogen and oxygen atoms in total. The summed E-state index contributed by atoms with van der Waals surface area (Å²) in [5.41, 5.74) is 0. The second-order valence-corrected chi connectivity index (χ2v) is 20.8. The molecular formula is C52H109F3N12O2. The van der Waals surface area contributed by atoms with E-state index < -0.39 is 12.1 Å². The number of rotatable bonds is 3. The summed E-state index contributed by atoms with van der Waals surface area (Å²) >= 11 is 0. The van der Waals surface area contributed by atoms with Crippen LogP contribution in [0.5, 0.6) is 0 Å². The van der Waals surface area contributed by atoms with Gasteiger partial charge in [0.2, 0.25) is 0 Å². The summed E-state index contributed by atoms with van der Waals surface area (Å²) in [4.78, 5) is 24.7. The average Bonchev–Trinajstić information content (AvgIpc) is 4.04. The van der Waals surface area contributed by atoms with E-state index in [0.29, 0.717) is 19.0 Å². The maximum absolute atomic E-state index is 11.7. The molecule has 0 unspecified atom stereocenters. The topological polar surface area (TPSA) is 77.9 Å². The van der Waals surface area contributed by atoms with Crippen molar-refractivity contribution in [1.82, 2.24) is 53.9 Å². The SMILES string of the molecule is CCN1CCCC1.CCN1CCN(C)CC1.CCN1CCOCC1.CN1CC(C#N)C1.CN1CC(F)(F)C1.CN1CC(F)C1.CN1CCC1.CN1CCCC1.CN1CCCCC1.CN1CCOCC1. The molecule has 0 N–H and O–H groups in total. The molecule has 10 aliphatic rings. The Morgan fingerprint density at radius 1 is 0.406 bits per heavy atom. The minimum atomic E-state index is -2.38. The summed E-state index contributed by atoms with van der Waals surface area (Å²) < 4.78 is 45.5. The van der Waals surface area contributed by atoms with Crippen LogP contribution in [0.4, 0.5) is 13.2 Å². The van der Waals surface area contributed by atoms with Crippen LogP contribution in [0.1, 0.15) is 72.1 Å². The Bertz CT molecular complexity index is 1150. The number of halogens is 3. The molecule has 0 spiro atoms. The lowest BCUT2D eigenvalue weighted by Gasteiger charge is -2.35. The zero-order chi connectivity index (χ0) is 51.3. The van der Waals surface area contributed by atoms with Crippen molar-refractivity contribution in [2.75, 3.05) is 246 Å². The van der Waals surface area contributed by atoms with Gasteiger partial charge in [-0.15, -0.1) is 0 Å². The summed E-state index contributed by atoms with van der Waals surface area (Å²) in [5, 5.41) is 8.23. The van der Waals surface area contributed by atoms with Crippen LogP contribution in [0.25, 0.3) is 0 Å². The van der Waals surface area contributed by atoms with Gasteiger partial charge in [-0.2, -0.15) is 5.26 Å². The van der Waals surface area contributed by atoms with Gasteiger partial charge >= 0.3 is 0 Å². The van der Waals surface area contributed by atoms with Crippen molar-refractivity contribution in [3.8, 4) is 6.07 Å². The van der Waals surface area contributed by atoms with Gasteiger partial charge in [-0.05, 0) is 173 Å². The molecule has 0 aromatic heterocycles. The molecule has 0 amide bonds. The van der Waals surface area contributed by atoms with Gasteiger partial charge in [0.05, 0.1) is 51.5 Å². The molecule has 0 saturated carbocycles. The third-order valence-corrected chi connectivity index (χ3v) is 13.7. The summed E-state index contributed by atoms with van der Waals surface area (Å²) in [6.45, 7) is 37.1. The van der Waals surface area contributed by atoms with E-state index in [0.717, 1.165) is 65.7 Å². The van der Waals surface area contributed by atoms with Crippen LogP contribution in [-0.4, -0.2) is 312 Å². The zero-order valence-corrected chi connectivity index (χ0v) is 46.6. The highest BCUT2D eigenvalue weighted by atomic mass is 19.3. The Kier molecular flexibility index (Phi) is 39.2. The van der Waals surface area contributed by atoms with Crippen molar-refractivity contribution >= 4 is 0 Å². The number of piperidine rings is 1. The van der Waals surface area contributed by atoms with Crippen molar-refractivity contribution in [2.45, 2.75) is 84.2 Å². The molecule has 10 fully saturated rings. The normalized spacial score (nSPS) is 25.3. The third-order valence-electron chi connectivity index (χ3n) is 13.7. The lowest BCUT2D eigenvalue weighted by molar-refractivity contribution is -0.119. The Hall–Kier alpha value is -1.24. The van der Waals surface area contributed by atoms with Crippen molar-refractivity contribution in [3.63, 3.8) is 0 Å². The van der Waals surface area contributed by atoms with Crippen LogP contribution in [-0.2, 0) is 9.47 Å². The highest BCUT2D eigenvalue weighted by Gasteiger charge is 2.41. The number of nitriles is 1. The van der Waals surface area contributed by atoms with E-state index in [1.807, 2.05) is 19.0 Å². The standard InChI is InChI=1S/C7H16N2.C6H13NO.2C6H13N.C5H8N2.C5H11NO.C5H11N.C4H7F2N.C4H8FN.C4H9N/c1-3-9-6-4-8(2)5-7-9;1-2-7-3-5-8-6-4-7;1-7-5-3-2-4-6-7;1-2-7-5-3-4-6-7;1-7-3-5(2-6)4-7;1-6-2-4-7-5-3-6;1-6-4-2-3-5-6;1-7-2-4(5,6)3-7;1-6-2-4(5)3-6;1-5-3-2-4-5/h3-7H2,1-2H3;2-6H2,1H3;2*2-6H2,1H3;5H,3-4H2,1H3;2-5H2,1H3;2-5H2,1H3;2-3H2,1H3;4H,2-3H2,1H3;2-4H2,1H3. The van der Waals surface area contributed by atoms with Gasteiger partial charge < -0.3 is 53.6 Å². The van der Waals surface area contributed by atoms with Crippen molar-refractivity contribution < 1.29 is 22.6 Å². The molecule has 410 valence electrons. The maximum atomic E-state index is 11.7. The summed E-state index contributed by atoms with van der Waals surface area (Å²) in [7, 11) is 16.4. The smallest absolute Gasteiger partial charge is 0.272 e. The highest BCUT2D eigenvalue weighted by molar-refractivity contribution is 4.93. The molecule has 69 heavy (non-hydrogen) atoms. The van der Waals surface area contributed by atoms with Crippen LogP contribution >= 0.6 is 0 Å². The Balaban J connectivity index is 0.000000384. The van der Waals surface area contributed by atoms with Gasteiger partial charge in [0.25, 0.3) is 5.92 Å². The molecule has 0 aliphatic carbocycles. The third kappa shape index (κ3) is 37.2. The van der Waals surface area contributed by atoms with Gasteiger partial charge in [-0.1, -0.05) is 27.2 Å². The Morgan fingerprint density at radius 2 is 0.739 bits per heavy atom. The number of hydrogen-bond acceptors (Lipinski definition) is 14. The van der Waals surface area contributed by atoms with E-state index in [4.69, 9.17) is 14.7 Å². The number of nitrogens with zero attached hydrogens (tertiary/aromatic N) is 12. The molecule has 10 rings (SSSR count). The van der Waals surface area contributed by atoms with Crippen LogP contribution in [0.15, 0.2) is 0 Å². The van der Waals surface area contributed by atoms with E-state index in [1.54, 1.807) is 11.9 Å². The average molecular weight is 992 g/mol.